The summed E-state index contributed by atoms with van der Waals surface area (Å²) in [6.45, 7) is 1.75. The number of rotatable bonds is 6. The second kappa shape index (κ2) is 6.27. The van der Waals surface area contributed by atoms with E-state index in [9.17, 15) is 0 Å². The van der Waals surface area contributed by atoms with Gasteiger partial charge in [-0.15, -0.1) is 11.6 Å². The number of alkyl halides is 1. The molecule has 1 unspecified atom stereocenters. The molecule has 2 saturated carbocycles. The predicted molar refractivity (Wildman–Crippen MR) is 78.4 cm³/mol. The number of hydrogen-bond donors (Lipinski definition) is 1. The van der Waals surface area contributed by atoms with Crippen molar-refractivity contribution in [1.29, 1.82) is 0 Å². The second-order valence-corrected chi connectivity index (χ2v) is 6.62. The van der Waals surface area contributed by atoms with Gasteiger partial charge in [0.25, 0.3) is 0 Å². The lowest BCUT2D eigenvalue weighted by Crippen LogP contribution is -2.24. The smallest absolute Gasteiger partial charge is 0.0762 e. The third-order valence-corrected chi connectivity index (χ3v) is 4.90. The summed E-state index contributed by atoms with van der Waals surface area (Å²) in [7, 11) is 0. The summed E-state index contributed by atoms with van der Waals surface area (Å²) in [5, 5.41) is 8.44. The average Bonchev–Trinajstić information content (AvgIpc) is 3.20. The minimum absolute atomic E-state index is 0.306. The fourth-order valence-electron chi connectivity index (χ4n) is 2.98. The van der Waals surface area contributed by atoms with Crippen LogP contribution in [0.5, 0.6) is 0 Å². The minimum atomic E-state index is 0.306. The van der Waals surface area contributed by atoms with Gasteiger partial charge in [-0.2, -0.15) is 5.10 Å². The van der Waals surface area contributed by atoms with E-state index in [-0.39, 0.29) is 0 Å². The Morgan fingerprint density at radius 1 is 1.26 bits per heavy atom. The summed E-state index contributed by atoms with van der Waals surface area (Å²) >= 11 is 6.28. The fourth-order valence-corrected chi connectivity index (χ4v) is 3.34. The van der Waals surface area contributed by atoms with Crippen molar-refractivity contribution in [2.45, 2.75) is 62.9 Å². The highest BCUT2D eigenvalue weighted by atomic mass is 35.5. The van der Waals surface area contributed by atoms with Crippen molar-refractivity contribution in [3.05, 3.63) is 18.0 Å². The first-order valence-corrected chi connectivity index (χ1v) is 8.15. The lowest BCUT2D eigenvalue weighted by Gasteiger charge is -2.21. The second-order valence-electron chi connectivity index (χ2n) is 6.06. The first-order chi connectivity index (χ1) is 9.33. The van der Waals surface area contributed by atoms with Crippen LogP contribution in [0.2, 0.25) is 0 Å². The third kappa shape index (κ3) is 3.73. The molecule has 0 amide bonds. The molecule has 4 heteroatoms. The van der Waals surface area contributed by atoms with Crippen LogP contribution in [0.1, 0.15) is 56.7 Å². The molecule has 0 radical (unpaired) electrons. The van der Waals surface area contributed by atoms with Crippen molar-refractivity contribution in [1.82, 2.24) is 15.1 Å². The van der Waals surface area contributed by atoms with Crippen LogP contribution in [0.4, 0.5) is 0 Å². The van der Waals surface area contributed by atoms with E-state index in [2.05, 4.69) is 22.3 Å². The third-order valence-electron chi connectivity index (χ3n) is 4.39. The van der Waals surface area contributed by atoms with Gasteiger partial charge in [-0.05, 0) is 37.7 Å². The number of halogens is 1. The van der Waals surface area contributed by atoms with Gasteiger partial charge in [0, 0.05) is 24.7 Å². The molecule has 3 rings (SSSR count). The molecule has 0 aliphatic heterocycles. The monoisotopic (exact) mass is 281 g/mol. The maximum Gasteiger partial charge on any atom is 0.0762 e. The Hall–Kier alpha value is -0.540. The Labute approximate surface area is 120 Å². The van der Waals surface area contributed by atoms with Crippen LogP contribution < -0.4 is 5.32 Å². The van der Waals surface area contributed by atoms with Gasteiger partial charge in [0.15, 0.2) is 0 Å². The van der Waals surface area contributed by atoms with Crippen molar-refractivity contribution < 1.29 is 0 Å². The maximum atomic E-state index is 6.28. The van der Waals surface area contributed by atoms with Gasteiger partial charge in [0.2, 0.25) is 0 Å². The summed E-state index contributed by atoms with van der Waals surface area (Å²) in [5.74, 6) is 0.758. The van der Waals surface area contributed by atoms with Crippen LogP contribution in [0.15, 0.2) is 12.3 Å². The molecule has 1 N–H and O–H groups in total. The molecule has 0 aromatic carbocycles. The molecule has 19 heavy (non-hydrogen) atoms. The minimum Gasteiger partial charge on any atom is -0.310 e. The zero-order valence-corrected chi connectivity index (χ0v) is 12.3. The maximum absolute atomic E-state index is 6.28. The summed E-state index contributed by atoms with van der Waals surface area (Å²) in [6.07, 6.45) is 11.5. The molecule has 1 aromatic heterocycles. The van der Waals surface area contributed by atoms with E-state index in [1.54, 1.807) is 0 Å². The Morgan fingerprint density at radius 3 is 2.79 bits per heavy atom. The first-order valence-electron chi connectivity index (χ1n) is 7.72. The van der Waals surface area contributed by atoms with Crippen LogP contribution >= 0.6 is 11.6 Å². The molecule has 1 atom stereocenters. The number of aromatic nitrogens is 2. The molecule has 0 spiro atoms. The van der Waals surface area contributed by atoms with Crippen LogP contribution in [0, 0.1) is 5.92 Å². The van der Waals surface area contributed by atoms with E-state index in [0.29, 0.717) is 11.4 Å². The van der Waals surface area contributed by atoms with Crippen LogP contribution in [0.3, 0.4) is 0 Å². The molecule has 2 aliphatic rings. The standard InChI is InChI=1S/C15H24ClN3/c16-15(12-6-7-12)11-17-10-13-8-9-19(18-13)14-4-2-1-3-5-14/h8-9,12,14-15,17H,1-7,10-11H2. The highest BCUT2D eigenvalue weighted by molar-refractivity contribution is 6.21. The van der Waals surface area contributed by atoms with Gasteiger partial charge < -0.3 is 5.32 Å². The van der Waals surface area contributed by atoms with E-state index in [4.69, 9.17) is 16.7 Å². The number of nitrogens with one attached hydrogen (secondary N) is 1. The Bertz CT molecular complexity index is 394. The molecule has 0 saturated heterocycles. The highest BCUT2D eigenvalue weighted by Gasteiger charge is 2.29. The quantitative estimate of drug-likeness (QED) is 0.809. The van der Waals surface area contributed by atoms with E-state index >= 15 is 0 Å². The van der Waals surface area contributed by atoms with Gasteiger partial charge in [-0.3, -0.25) is 4.68 Å². The summed E-state index contributed by atoms with van der Waals surface area (Å²) in [6, 6.07) is 2.77. The molecule has 0 bridgehead atoms. The Morgan fingerprint density at radius 2 is 2.05 bits per heavy atom. The molecule has 1 aromatic rings. The molecular weight excluding hydrogens is 258 g/mol. The van der Waals surface area contributed by atoms with Crippen molar-refractivity contribution in [2.75, 3.05) is 6.54 Å². The molecule has 3 nitrogen and oxygen atoms in total. The van der Waals surface area contributed by atoms with Crippen LogP contribution in [0.25, 0.3) is 0 Å². The van der Waals surface area contributed by atoms with Gasteiger partial charge in [0.05, 0.1) is 11.7 Å². The first kappa shape index (κ1) is 13.4. The Kier molecular flexibility index (Phi) is 4.44. The topological polar surface area (TPSA) is 29.9 Å². The normalized spacial score (nSPS) is 22.6. The zero-order valence-electron chi connectivity index (χ0n) is 11.5. The van der Waals surface area contributed by atoms with E-state index < -0.39 is 0 Å². The zero-order chi connectivity index (χ0) is 13.1. The summed E-state index contributed by atoms with van der Waals surface area (Å²) in [5.41, 5.74) is 1.14. The number of hydrogen-bond acceptors (Lipinski definition) is 2. The van der Waals surface area contributed by atoms with Crippen molar-refractivity contribution in [2.24, 2.45) is 5.92 Å². The summed E-state index contributed by atoms with van der Waals surface area (Å²) in [4.78, 5) is 0. The Balaban J connectivity index is 1.44. The molecular formula is C15H24ClN3. The largest absolute Gasteiger partial charge is 0.310 e. The highest BCUT2D eigenvalue weighted by Crippen LogP contribution is 2.35. The van der Waals surface area contributed by atoms with Gasteiger partial charge in [-0.25, -0.2) is 0 Å². The van der Waals surface area contributed by atoms with Crippen LogP contribution in [-0.4, -0.2) is 21.7 Å². The van der Waals surface area contributed by atoms with Crippen molar-refractivity contribution >= 4 is 11.6 Å². The molecule has 1 heterocycles. The van der Waals surface area contributed by atoms with Crippen LogP contribution in [-0.2, 0) is 6.54 Å². The van der Waals surface area contributed by atoms with Crippen molar-refractivity contribution in [3.8, 4) is 0 Å². The lowest BCUT2D eigenvalue weighted by atomic mass is 9.96. The van der Waals surface area contributed by atoms with Crippen molar-refractivity contribution in [3.63, 3.8) is 0 Å². The van der Waals surface area contributed by atoms with E-state index in [1.807, 2.05) is 0 Å². The summed E-state index contributed by atoms with van der Waals surface area (Å²) < 4.78 is 2.18. The van der Waals surface area contributed by atoms with E-state index in [1.165, 1.54) is 44.9 Å². The molecule has 2 fully saturated rings. The van der Waals surface area contributed by atoms with Gasteiger partial charge >= 0.3 is 0 Å². The molecule has 106 valence electrons. The van der Waals surface area contributed by atoms with Gasteiger partial charge in [-0.1, -0.05) is 19.3 Å². The van der Waals surface area contributed by atoms with Gasteiger partial charge in [0.1, 0.15) is 0 Å². The molecule has 2 aliphatic carbocycles. The SMILES string of the molecule is ClC(CNCc1ccn(C2CCCCC2)n1)C1CC1. The average molecular weight is 282 g/mol. The van der Waals surface area contributed by atoms with E-state index in [0.717, 1.165) is 24.7 Å². The predicted octanol–water partition coefficient (Wildman–Crippen LogP) is 3.50. The number of nitrogens with zero attached hydrogens (tertiary/aromatic N) is 2. The fraction of sp³-hybridized carbons (Fsp3) is 0.800. The lowest BCUT2D eigenvalue weighted by molar-refractivity contribution is 0.327.